The summed E-state index contributed by atoms with van der Waals surface area (Å²) in [5.41, 5.74) is 1.39. The molecule has 2 saturated carbocycles. The van der Waals surface area contributed by atoms with E-state index in [-0.39, 0.29) is 17.5 Å². The van der Waals surface area contributed by atoms with Crippen molar-refractivity contribution in [1.82, 2.24) is 14.9 Å². The van der Waals surface area contributed by atoms with Gasteiger partial charge in [-0.15, -0.1) is 11.3 Å². The Balaban J connectivity index is 1.54. The first-order valence-corrected chi connectivity index (χ1v) is 12.0. The van der Waals surface area contributed by atoms with Gasteiger partial charge in [-0.1, -0.05) is 24.6 Å². The Kier molecular flexibility index (Phi) is 4.76. The van der Waals surface area contributed by atoms with Crippen LogP contribution >= 0.6 is 23.1 Å². The fraction of sp³-hybridized carbons (Fsp3) is 0.650. The molecule has 0 saturated heterocycles. The normalized spacial score (nSPS) is 20.1. The number of nitrogens with zero attached hydrogens (tertiary/aromatic N) is 2. The molecule has 0 bridgehead atoms. The van der Waals surface area contributed by atoms with Crippen molar-refractivity contribution in [3.05, 3.63) is 20.8 Å². The molecular formula is C20H25N3O2S2. The van der Waals surface area contributed by atoms with E-state index in [1.807, 2.05) is 4.57 Å². The zero-order valence-electron chi connectivity index (χ0n) is 15.5. The lowest BCUT2D eigenvalue weighted by Gasteiger charge is -2.18. The van der Waals surface area contributed by atoms with Crippen molar-refractivity contribution in [2.75, 3.05) is 5.75 Å². The second-order valence-electron chi connectivity index (χ2n) is 8.03. The number of aryl methyl sites for hydroxylation is 2. The molecule has 1 amide bonds. The van der Waals surface area contributed by atoms with Crippen LogP contribution in [0.1, 0.15) is 67.8 Å². The number of amides is 1. The number of thioether (sulfide) groups is 1. The van der Waals surface area contributed by atoms with Crippen molar-refractivity contribution in [2.45, 2.75) is 81.4 Å². The minimum absolute atomic E-state index is 0.0558. The molecule has 0 aromatic carbocycles. The number of carbonyl (C=O) groups excluding carboxylic acids is 1. The largest absolute Gasteiger partial charge is 0.353 e. The van der Waals surface area contributed by atoms with Crippen molar-refractivity contribution in [3.63, 3.8) is 0 Å². The zero-order valence-corrected chi connectivity index (χ0v) is 17.1. The maximum atomic E-state index is 13.5. The van der Waals surface area contributed by atoms with Gasteiger partial charge >= 0.3 is 0 Å². The van der Waals surface area contributed by atoms with Gasteiger partial charge in [-0.05, 0) is 56.9 Å². The third kappa shape index (κ3) is 3.44. The SMILES string of the molecule is O=C(CSc1nc2sc3c(c2c(=O)n1C1CCCC1)CCCC3)NC1CC1. The highest BCUT2D eigenvalue weighted by molar-refractivity contribution is 7.99. The van der Waals surface area contributed by atoms with Crippen molar-refractivity contribution < 1.29 is 4.79 Å². The van der Waals surface area contributed by atoms with E-state index in [0.29, 0.717) is 11.8 Å². The third-order valence-electron chi connectivity index (χ3n) is 5.95. The molecule has 7 heteroatoms. The van der Waals surface area contributed by atoms with E-state index in [9.17, 15) is 9.59 Å². The maximum absolute atomic E-state index is 13.5. The topological polar surface area (TPSA) is 64.0 Å². The van der Waals surface area contributed by atoms with Crippen LogP contribution in [-0.2, 0) is 17.6 Å². The van der Waals surface area contributed by atoms with Crippen molar-refractivity contribution in [1.29, 1.82) is 0 Å². The molecule has 5 nitrogen and oxygen atoms in total. The van der Waals surface area contributed by atoms with Gasteiger partial charge in [-0.2, -0.15) is 0 Å². The van der Waals surface area contributed by atoms with E-state index in [0.717, 1.165) is 53.9 Å². The Morgan fingerprint density at radius 3 is 2.70 bits per heavy atom. The van der Waals surface area contributed by atoms with E-state index in [1.165, 1.54) is 47.9 Å². The van der Waals surface area contributed by atoms with Crippen LogP contribution in [0, 0.1) is 0 Å². The van der Waals surface area contributed by atoms with Gasteiger partial charge < -0.3 is 5.32 Å². The van der Waals surface area contributed by atoms with Crippen molar-refractivity contribution in [3.8, 4) is 0 Å². The summed E-state index contributed by atoms with van der Waals surface area (Å²) >= 11 is 3.13. The molecule has 0 atom stereocenters. The third-order valence-corrected chi connectivity index (χ3v) is 8.09. The Labute approximate surface area is 166 Å². The highest BCUT2D eigenvalue weighted by Gasteiger charge is 2.28. The van der Waals surface area contributed by atoms with Gasteiger partial charge in [0, 0.05) is 17.0 Å². The van der Waals surface area contributed by atoms with E-state index in [2.05, 4.69) is 5.32 Å². The summed E-state index contributed by atoms with van der Waals surface area (Å²) in [6.45, 7) is 0. The second-order valence-corrected chi connectivity index (χ2v) is 10.1. The standard InChI is InChI=1S/C20H25N3O2S2/c24-16(21-12-9-10-12)11-26-20-22-18-17(14-7-3-4-8-15(14)27-18)19(25)23(20)13-5-1-2-6-13/h12-13H,1-11H2,(H,21,24). The molecule has 2 aromatic rings. The summed E-state index contributed by atoms with van der Waals surface area (Å²) in [4.78, 5) is 32.8. The molecular weight excluding hydrogens is 378 g/mol. The van der Waals surface area contributed by atoms with Gasteiger partial charge in [0.05, 0.1) is 11.1 Å². The molecule has 144 valence electrons. The van der Waals surface area contributed by atoms with Crippen molar-refractivity contribution >= 4 is 39.2 Å². The molecule has 0 radical (unpaired) electrons. The number of hydrogen-bond acceptors (Lipinski definition) is 5. The Morgan fingerprint density at radius 2 is 1.93 bits per heavy atom. The first-order chi connectivity index (χ1) is 13.2. The number of fused-ring (bicyclic) bond motifs is 3. The van der Waals surface area contributed by atoms with Crippen LogP contribution in [0.5, 0.6) is 0 Å². The van der Waals surface area contributed by atoms with Crippen LogP contribution in [-0.4, -0.2) is 27.3 Å². The van der Waals surface area contributed by atoms with Crippen LogP contribution in [0.3, 0.4) is 0 Å². The van der Waals surface area contributed by atoms with E-state index in [1.54, 1.807) is 11.3 Å². The van der Waals surface area contributed by atoms with Gasteiger partial charge in [0.2, 0.25) is 5.91 Å². The lowest BCUT2D eigenvalue weighted by atomic mass is 9.97. The predicted octanol–water partition coefficient (Wildman–Crippen LogP) is 3.82. The number of carbonyl (C=O) groups is 1. The summed E-state index contributed by atoms with van der Waals surface area (Å²) in [5, 5.41) is 4.64. The molecule has 3 aliphatic rings. The van der Waals surface area contributed by atoms with E-state index >= 15 is 0 Å². The Bertz CT molecular complexity index is 939. The zero-order chi connectivity index (χ0) is 18.4. The van der Waals surface area contributed by atoms with Crippen LogP contribution in [0.15, 0.2) is 9.95 Å². The smallest absolute Gasteiger partial charge is 0.263 e. The average molecular weight is 404 g/mol. The first-order valence-electron chi connectivity index (χ1n) is 10.2. The van der Waals surface area contributed by atoms with Gasteiger partial charge in [-0.3, -0.25) is 14.2 Å². The lowest BCUT2D eigenvalue weighted by molar-refractivity contribution is -0.118. The maximum Gasteiger partial charge on any atom is 0.263 e. The number of hydrogen-bond donors (Lipinski definition) is 1. The molecule has 2 aromatic heterocycles. The first kappa shape index (κ1) is 17.7. The quantitative estimate of drug-likeness (QED) is 0.609. The minimum atomic E-state index is 0.0558. The van der Waals surface area contributed by atoms with Crippen LogP contribution in [0.25, 0.3) is 10.2 Å². The molecule has 3 aliphatic carbocycles. The van der Waals surface area contributed by atoms with Gasteiger partial charge in [0.25, 0.3) is 5.56 Å². The molecule has 1 N–H and O–H groups in total. The van der Waals surface area contributed by atoms with Gasteiger partial charge in [0.15, 0.2) is 5.16 Å². The Hall–Kier alpha value is -1.34. The molecule has 5 rings (SSSR count). The molecule has 2 fully saturated rings. The summed E-state index contributed by atoms with van der Waals surface area (Å²) in [6, 6.07) is 0.608. The average Bonchev–Trinajstić information content (AvgIpc) is 3.17. The second kappa shape index (κ2) is 7.24. The van der Waals surface area contributed by atoms with E-state index in [4.69, 9.17) is 4.98 Å². The summed E-state index contributed by atoms with van der Waals surface area (Å²) in [5.74, 6) is 0.395. The molecule has 2 heterocycles. The molecule has 27 heavy (non-hydrogen) atoms. The molecule has 0 unspecified atom stereocenters. The lowest BCUT2D eigenvalue weighted by Crippen LogP contribution is -2.29. The fourth-order valence-corrected chi connectivity index (χ4v) is 6.59. The van der Waals surface area contributed by atoms with Gasteiger partial charge in [-0.25, -0.2) is 4.98 Å². The molecule has 0 spiro atoms. The predicted molar refractivity (Wildman–Crippen MR) is 110 cm³/mol. The number of rotatable bonds is 5. The number of nitrogens with one attached hydrogen (secondary N) is 1. The van der Waals surface area contributed by atoms with E-state index < -0.39 is 0 Å². The monoisotopic (exact) mass is 403 g/mol. The van der Waals surface area contributed by atoms with Crippen LogP contribution < -0.4 is 10.9 Å². The minimum Gasteiger partial charge on any atom is -0.353 e. The van der Waals surface area contributed by atoms with Crippen LogP contribution in [0.4, 0.5) is 0 Å². The number of thiophene rings is 1. The highest BCUT2D eigenvalue weighted by atomic mass is 32.2. The fourth-order valence-electron chi connectivity index (χ4n) is 4.41. The number of aromatic nitrogens is 2. The summed E-state index contributed by atoms with van der Waals surface area (Å²) in [7, 11) is 0. The van der Waals surface area contributed by atoms with Crippen LogP contribution in [0.2, 0.25) is 0 Å². The van der Waals surface area contributed by atoms with Crippen molar-refractivity contribution in [2.24, 2.45) is 0 Å². The Morgan fingerprint density at radius 1 is 1.15 bits per heavy atom. The molecule has 0 aliphatic heterocycles. The van der Waals surface area contributed by atoms with Gasteiger partial charge in [0.1, 0.15) is 4.83 Å². The summed E-state index contributed by atoms with van der Waals surface area (Å²) in [6.07, 6.45) is 11.1. The highest BCUT2D eigenvalue weighted by Crippen LogP contribution is 2.37. The summed E-state index contributed by atoms with van der Waals surface area (Å²) < 4.78 is 1.94.